The molecule has 2 nitrogen and oxygen atoms in total. The summed E-state index contributed by atoms with van der Waals surface area (Å²) in [7, 11) is 0. The standard InChI is InChI=1S/C15H24N2S/c1-11-12-5-9-18-13(12)4-8-17(11)15(3,10-16)14(2)6-7-14/h5,9,11H,4,6-8,10,16H2,1-3H3. The first-order chi connectivity index (χ1) is 8.52. The minimum Gasteiger partial charge on any atom is -0.329 e. The van der Waals surface area contributed by atoms with Crippen molar-refractivity contribution in [3.05, 3.63) is 21.9 Å². The highest BCUT2D eigenvalue weighted by Gasteiger charge is 2.56. The van der Waals surface area contributed by atoms with Crippen LogP contribution in [0.1, 0.15) is 50.1 Å². The maximum absolute atomic E-state index is 6.18. The number of nitrogens with two attached hydrogens (primary N) is 1. The first kappa shape index (κ1) is 12.6. The van der Waals surface area contributed by atoms with Crippen molar-refractivity contribution in [2.24, 2.45) is 11.1 Å². The third-order valence-corrected chi connectivity index (χ3v) is 6.61. The van der Waals surface area contributed by atoms with Gasteiger partial charge in [0.25, 0.3) is 0 Å². The largest absolute Gasteiger partial charge is 0.329 e. The summed E-state index contributed by atoms with van der Waals surface area (Å²) in [6.07, 6.45) is 3.86. The second-order valence-electron chi connectivity index (χ2n) is 6.46. The minimum absolute atomic E-state index is 0.159. The van der Waals surface area contributed by atoms with Gasteiger partial charge in [0.1, 0.15) is 0 Å². The predicted octanol–water partition coefficient (Wildman–Crippen LogP) is 3.18. The summed E-state index contributed by atoms with van der Waals surface area (Å²) in [6, 6.07) is 2.83. The van der Waals surface area contributed by atoms with Gasteiger partial charge in [-0.3, -0.25) is 4.90 Å². The molecular formula is C15H24N2S. The summed E-state index contributed by atoms with van der Waals surface area (Å²) >= 11 is 1.91. The highest BCUT2D eigenvalue weighted by Crippen LogP contribution is 2.57. The number of nitrogens with zero attached hydrogens (tertiary/aromatic N) is 1. The number of rotatable bonds is 3. The number of thiophene rings is 1. The van der Waals surface area contributed by atoms with Crippen LogP contribution in [-0.2, 0) is 6.42 Å². The van der Waals surface area contributed by atoms with E-state index in [0.29, 0.717) is 11.5 Å². The Balaban J connectivity index is 1.94. The van der Waals surface area contributed by atoms with Gasteiger partial charge in [-0.2, -0.15) is 0 Å². The smallest absolute Gasteiger partial charge is 0.0363 e. The van der Waals surface area contributed by atoms with E-state index in [1.54, 1.807) is 4.88 Å². The Labute approximate surface area is 114 Å². The topological polar surface area (TPSA) is 29.3 Å². The molecule has 0 amide bonds. The molecule has 18 heavy (non-hydrogen) atoms. The fourth-order valence-electron chi connectivity index (χ4n) is 3.62. The summed E-state index contributed by atoms with van der Waals surface area (Å²) in [5.74, 6) is 0. The van der Waals surface area contributed by atoms with Crippen LogP contribution in [0, 0.1) is 5.41 Å². The van der Waals surface area contributed by atoms with Gasteiger partial charge in [-0.05, 0) is 55.5 Å². The van der Waals surface area contributed by atoms with Crippen molar-refractivity contribution < 1.29 is 0 Å². The van der Waals surface area contributed by atoms with Crippen molar-refractivity contribution in [3.63, 3.8) is 0 Å². The monoisotopic (exact) mass is 264 g/mol. The number of hydrogen-bond acceptors (Lipinski definition) is 3. The molecule has 2 aliphatic rings. The molecule has 3 heteroatoms. The van der Waals surface area contributed by atoms with E-state index in [1.807, 2.05) is 11.3 Å². The zero-order chi connectivity index (χ0) is 13.0. The molecule has 0 bridgehead atoms. The lowest BCUT2D eigenvalue weighted by Crippen LogP contribution is -2.59. The van der Waals surface area contributed by atoms with Crippen molar-refractivity contribution >= 4 is 11.3 Å². The third-order valence-electron chi connectivity index (χ3n) is 5.61. The third kappa shape index (κ3) is 1.60. The van der Waals surface area contributed by atoms with Crippen LogP contribution < -0.4 is 5.73 Å². The summed E-state index contributed by atoms with van der Waals surface area (Å²) in [5.41, 5.74) is 8.31. The Morgan fingerprint density at radius 1 is 1.56 bits per heavy atom. The molecule has 1 aromatic heterocycles. The predicted molar refractivity (Wildman–Crippen MR) is 77.9 cm³/mol. The van der Waals surface area contributed by atoms with Crippen LogP contribution in [0.2, 0.25) is 0 Å². The summed E-state index contributed by atoms with van der Waals surface area (Å²) < 4.78 is 0. The average Bonchev–Trinajstić information content (AvgIpc) is 2.94. The van der Waals surface area contributed by atoms with Crippen molar-refractivity contribution in [2.75, 3.05) is 13.1 Å². The molecule has 100 valence electrons. The Morgan fingerprint density at radius 2 is 2.28 bits per heavy atom. The fourth-order valence-corrected chi connectivity index (χ4v) is 4.58. The van der Waals surface area contributed by atoms with Gasteiger partial charge in [0, 0.05) is 29.5 Å². The van der Waals surface area contributed by atoms with Crippen molar-refractivity contribution in [3.8, 4) is 0 Å². The number of fused-ring (bicyclic) bond motifs is 1. The molecule has 2 N–H and O–H groups in total. The Kier molecular flexibility index (Phi) is 2.85. The molecule has 1 saturated carbocycles. The van der Waals surface area contributed by atoms with E-state index < -0.39 is 0 Å². The molecule has 2 atom stereocenters. The van der Waals surface area contributed by atoms with Gasteiger partial charge in [-0.1, -0.05) is 6.92 Å². The Hall–Kier alpha value is -0.380. The highest BCUT2D eigenvalue weighted by molar-refractivity contribution is 7.10. The lowest BCUT2D eigenvalue weighted by Gasteiger charge is -2.50. The molecule has 0 aromatic carbocycles. The van der Waals surface area contributed by atoms with E-state index in [9.17, 15) is 0 Å². The maximum atomic E-state index is 6.18. The SMILES string of the molecule is CC1c2ccsc2CCN1C(C)(CN)C1(C)CC1. The zero-order valence-electron chi connectivity index (χ0n) is 11.7. The fraction of sp³-hybridized carbons (Fsp3) is 0.733. The lowest BCUT2D eigenvalue weighted by molar-refractivity contribution is 0.00958. The first-order valence-electron chi connectivity index (χ1n) is 7.05. The van der Waals surface area contributed by atoms with Crippen molar-refractivity contribution in [1.29, 1.82) is 0 Å². The average molecular weight is 264 g/mol. The van der Waals surface area contributed by atoms with Gasteiger partial charge >= 0.3 is 0 Å². The molecule has 1 aromatic rings. The van der Waals surface area contributed by atoms with Crippen LogP contribution in [-0.4, -0.2) is 23.5 Å². The molecule has 2 unspecified atom stereocenters. The molecule has 0 radical (unpaired) electrons. The molecule has 1 fully saturated rings. The molecule has 0 saturated heterocycles. The van der Waals surface area contributed by atoms with E-state index in [4.69, 9.17) is 5.73 Å². The van der Waals surface area contributed by atoms with Crippen molar-refractivity contribution in [1.82, 2.24) is 4.90 Å². The molecule has 1 aliphatic carbocycles. The van der Waals surface area contributed by atoms with E-state index in [1.165, 1.54) is 24.8 Å². The lowest BCUT2D eigenvalue weighted by atomic mass is 9.79. The Morgan fingerprint density at radius 3 is 2.89 bits per heavy atom. The maximum Gasteiger partial charge on any atom is 0.0363 e. The van der Waals surface area contributed by atoms with Crippen LogP contribution in [0.15, 0.2) is 11.4 Å². The zero-order valence-corrected chi connectivity index (χ0v) is 12.5. The summed E-state index contributed by atoms with van der Waals surface area (Å²) in [4.78, 5) is 4.26. The van der Waals surface area contributed by atoms with Crippen LogP contribution in [0.4, 0.5) is 0 Å². The molecular weight excluding hydrogens is 240 g/mol. The van der Waals surface area contributed by atoms with E-state index >= 15 is 0 Å². The molecule has 3 rings (SSSR count). The molecule has 2 heterocycles. The molecule has 0 spiro atoms. The Bertz CT molecular complexity index is 449. The van der Waals surface area contributed by atoms with Crippen LogP contribution >= 0.6 is 11.3 Å². The van der Waals surface area contributed by atoms with Gasteiger partial charge in [-0.25, -0.2) is 0 Å². The van der Waals surface area contributed by atoms with Gasteiger partial charge in [0.2, 0.25) is 0 Å². The summed E-state index contributed by atoms with van der Waals surface area (Å²) in [5, 5.41) is 2.24. The van der Waals surface area contributed by atoms with E-state index in [-0.39, 0.29) is 5.54 Å². The molecule has 1 aliphatic heterocycles. The number of hydrogen-bond donors (Lipinski definition) is 1. The highest BCUT2D eigenvalue weighted by atomic mass is 32.1. The van der Waals surface area contributed by atoms with E-state index in [0.717, 1.165) is 13.1 Å². The normalized spacial score (nSPS) is 29.7. The van der Waals surface area contributed by atoms with Crippen LogP contribution in [0.3, 0.4) is 0 Å². The van der Waals surface area contributed by atoms with Crippen LogP contribution in [0.25, 0.3) is 0 Å². The minimum atomic E-state index is 0.159. The second kappa shape index (κ2) is 4.06. The quantitative estimate of drug-likeness (QED) is 0.908. The van der Waals surface area contributed by atoms with Gasteiger partial charge in [0.05, 0.1) is 0 Å². The van der Waals surface area contributed by atoms with Crippen LogP contribution in [0.5, 0.6) is 0 Å². The first-order valence-corrected chi connectivity index (χ1v) is 7.93. The van der Waals surface area contributed by atoms with Crippen molar-refractivity contribution in [2.45, 2.75) is 51.6 Å². The van der Waals surface area contributed by atoms with Gasteiger partial charge in [-0.15, -0.1) is 11.3 Å². The second-order valence-corrected chi connectivity index (χ2v) is 7.46. The van der Waals surface area contributed by atoms with Gasteiger partial charge < -0.3 is 5.73 Å². The van der Waals surface area contributed by atoms with E-state index in [2.05, 4.69) is 37.1 Å². The van der Waals surface area contributed by atoms with Gasteiger partial charge in [0.15, 0.2) is 0 Å². The summed E-state index contributed by atoms with van der Waals surface area (Å²) in [6.45, 7) is 9.08.